The van der Waals surface area contributed by atoms with E-state index in [1.54, 1.807) is 0 Å². The molecular weight excluding hydrogens is 249 g/mol. The Morgan fingerprint density at radius 3 is 2.67 bits per heavy atom. The van der Waals surface area contributed by atoms with Crippen LogP contribution in [-0.2, 0) is 6.54 Å². The van der Waals surface area contributed by atoms with Gasteiger partial charge in [-0.05, 0) is 5.92 Å². The van der Waals surface area contributed by atoms with Gasteiger partial charge in [0, 0.05) is 12.7 Å². The number of amides is 1. The SMILES string of the molecule is CC(C)CNC(=O)c1nn(CC(F)(F)F)cc1N. The highest BCUT2D eigenvalue weighted by atomic mass is 19.4. The summed E-state index contributed by atoms with van der Waals surface area (Å²) in [5, 5.41) is 6.07. The van der Waals surface area contributed by atoms with Crippen molar-refractivity contribution >= 4 is 11.6 Å². The van der Waals surface area contributed by atoms with E-state index in [4.69, 9.17) is 5.73 Å². The number of halogens is 3. The minimum Gasteiger partial charge on any atom is -0.396 e. The summed E-state index contributed by atoms with van der Waals surface area (Å²) in [6, 6.07) is 0. The number of rotatable bonds is 4. The van der Waals surface area contributed by atoms with Gasteiger partial charge < -0.3 is 11.1 Å². The molecule has 1 rings (SSSR count). The van der Waals surface area contributed by atoms with E-state index >= 15 is 0 Å². The van der Waals surface area contributed by atoms with Crippen molar-refractivity contribution in [2.45, 2.75) is 26.6 Å². The van der Waals surface area contributed by atoms with Gasteiger partial charge in [-0.1, -0.05) is 13.8 Å². The molecule has 0 aliphatic rings. The molecule has 18 heavy (non-hydrogen) atoms. The van der Waals surface area contributed by atoms with Crippen molar-refractivity contribution in [3.63, 3.8) is 0 Å². The van der Waals surface area contributed by atoms with Gasteiger partial charge in [0.15, 0.2) is 5.69 Å². The zero-order valence-electron chi connectivity index (χ0n) is 10.1. The molecule has 3 N–H and O–H groups in total. The average Bonchev–Trinajstić information content (AvgIpc) is 2.53. The summed E-state index contributed by atoms with van der Waals surface area (Å²) in [7, 11) is 0. The van der Waals surface area contributed by atoms with Crippen LogP contribution in [0.1, 0.15) is 24.3 Å². The van der Waals surface area contributed by atoms with E-state index in [-0.39, 0.29) is 17.3 Å². The number of anilines is 1. The Balaban J connectivity index is 2.75. The number of nitrogens with one attached hydrogen (secondary N) is 1. The highest BCUT2D eigenvalue weighted by molar-refractivity contribution is 5.96. The standard InChI is InChI=1S/C10H15F3N4O/c1-6(2)3-15-9(18)8-7(14)4-17(16-8)5-10(11,12)13/h4,6H,3,5,14H2,1-2H3,(H,15,18). The molecule has 0 unspecified atom stereocenters. The first kappa shape index (κ1) is 14.3. The van der Waals surface area contributed by atoms with Gasteiger partial charge in [0.05, 0.1) is 5.69 Å². The molecule has 0 bridgehead atoms. The zero-order chi connectivity index (χ0) is 13.9. The van der Waals surface area contributed by atoms with Gasteiger partial charge in [0.1, 0.15) is 6.54 Å². The van der Waals surface area contributed by atoms with Crippen LogP contribution in [0.2, 0.25) is 0 Å². The minimum atomic E-state index is -4.40. The number of carbonyl (C=O) groups excluding carboxylic acids is 1. The predicted molar refractivity (Wildman–Crippen MR) is 59.9 cm³/mol. The lowest BCUT2D eigenvalue weighted by Gasteiger charge is -2.06. The Hall–Kier alpha value is -1.73. The maximum Gasteiger partial charge on any atom is 0.408 e. The van der Waals surface area contributed by atoms with Crippen LogP contribution in [0.5, 0.6) is 0 Å². The van der Waals surface area contributed by atoms with Crippen molar-refractivity contribution in [2.24, 2.45) is 5.92 Å². The molecule has 0 spiro atoms. The van der Waals surface area contributed by atoms with Crippen molar-refractivity contribution < 1.29 is 18.0 Å². The molecule has 0 aliphatic carbocycles. The maximum atomic E-state index is 12.1. The summed E-state index contributed by atoms with van der Waals surface area (Å²) < 4.78 is 37.0. The molecule has 8 heteroatoms. The van der Waals surface area contributed by atoms with Gasteiger partial charge in [0.25, 0.3) is 5.91 Å². The molecular formula is C10H15F3N4O. The number of nitrogens with two attached hydrogens (primary N) is 1. The summed E-state index contributed by atoms with van der Waals surface area (Å²) >= 11 is 0. The van der Waals surface area contributed by atoms with Crippen LogP contribution in [0.4, 0.5) is 18.9 Å². The van der Waals surface area contributed by atoms with Crippen molar-refractivity contribution in [2.75, 3.05) is 12.3 Å². The Morgan fingerprint density at radius 1 is 1.56 bits per heavy atom. The largest absolute Gasteiger partial charge is 0.408 e. The van der Waals surface area contributed by atoms with Crippen LogP contribution < -0.4 is 11.1 Å². The first-order chi connectivity index (χ1) is 8.19. The van der Waals surface area contributed by atoms with Crippen molar-refractivity contribution in [1.29, 1.82) is 0 Å². The monoisotopic (exact) mass is 264 g/mol. The molecule has 0 radical (unpaired) electrons. The van der Waals surface area contributed by atoms with E-state index < -0.39 is 18.6 Å². The lowest BCUT2D eigenvalue weighted by Crippen LogP contribution is -2.28. The molecule has 0 atom stereocenters. The molecule has 1 amide bonds. The number of hydrogen-bond donors (Lipinski definition) is 2. The molecule has 0 aliphatic heterocycles. The fourth-order valence-electron chi connectivity index (χ4n) is 1.26. The van der Waals surface area contributed by atoms with Gasteiger partial charge in [-0.3, -0.25) is 9.48 Å². The number of hydrogen-bond acceptors (Lipinski definition) is 3. The third-order valence-corrected chi connectivity index (χ3v) is 2.02. The number of carbonyl (C=O) groups is 1. The highest BCUT2D eigenvalue weighted by Gasteiger charge is 2.29. The lowest BCUT2D eigenvalue weighted by molar-refractivity contribution is -0.142. The molecule has 0 saturated carbocycles. The molecule has 0 fully saturated rings. The smallest absolute Gasteiger partial charge is 0.396 e. The minimum absolute atomic E-state index is 0.0690. The van der Waals surface area contributed by atoms with Crippen LogP contribution in [0, 0.1) is 5.92 Å². The topological polar surface area (TPSA) is 72.9 Å². The third kappa shape index (κ3) is 4.27. The maximum absolute atomic E-state index is 12.1. The summed E-state index contributed by atoms with van der Waals surface area (Å²) in [6.07, 6.45) is -3.40. The fraction of sp³-hybridized carbons (Fsp3) is 0.600. The van der Waals surface area contributed by atoms with E-state index in [1.165, 1.54) is 0 Å². The normalized spacial score (nSPS) is 11.9. The summed E-state index contributed by atoms with van der Waals surface area (Å²) in [5.74, 6) is -0.338. The Kier molecular flexibility index (Phi) is 4.20. The molecule has 0 aromatic carbocycles. The van der Waals surface area contributed by atoms with Crippen LogP contribution in [0.3, 0.4) is 0 Å². The second-order valence-electron chi connectivity index (χ2n) is 4.35. The second kappa shape index (κ2) is 5.28. The summed E-state index contributed by atoms with van der Waals surface area (Å²) in [4.78, 5) is 11.6. The van der Waals surface area contributed by atoms with Gasteiger partial charge in [-0.2, -0.15) is 18.3 Å². The molecule has 0 saturated heterocycles. The first-order valence-corrected chi connectivity index (χ1v) is 5.37. The zero-order valence-corrected chi connectivity index (χ0v) is 10.1. The lowest BCUT2D eigenvalue weighted by atomic mass is 10.2. The number of nitrogen functional groups attached to an aromatic ring is 1. The van der Waals surface area contributed by atoms with Gasteiger partial charge in [-0.15, -0.1) is 0 Å². The third-order valence-electron chi connectivity index (χ3n) is 2.02. The highest BCUT2D eigenvalue weighted by Crippen LogP contribution is 2.19. The van der Waals surface area contributed by atoms with Gasteiger partial charge in [0.2, 0.25) is 0 Å². The summed E-state index contributed by atoms with van der Waals surface area (Å²) in [6.45, 7) is 2.93. The average molecular weight is 264 g/mol. The second-order valence-corrected chi connectivity index (χ2v) is 4.35. The fourth-order valence-corrected chi connectivity index (χ4v) is 1.26. The van der Waals surface area contributed by atoms with Crippen LogP contribution in [-0.4, -0.2) is 28.4 Å². The van der Waals surface area contributed by atoms with Crippen molar-refractivity contribution in [3.8, 4) is 0 Å². The van der Waals surface area contributed by atoms with Crippen LogP contribution >= 0.6 is 0 Å². The Morgan fingerprint density at radius 2 is 2.17 bits per heavy atom. The molecule has 1 aromatic heterocycles. The molecule has 102 valence electrons. The van der Waals surface area contributed by atoms with E-state index in [9.17, 15) is 18.0 Å². The number of aromatic nitrogens is 2. The number of alkyl halides is 3. The number of nitrogens with zero attached hydrogens (tertiary/aromatic N) is 2. The molecule has 5 nitrogen and oxygen atoms in total. The quantitative estimate of drug-likeness (QED) is 0.863. The molecule has 1 heterocycles. The van der Waals surface area contributed by atoms with Gasteiger partial charge in [-0.25, -0.2) is 0 Å². The van der Waals surface area contributed by atoms with E-state index in [0.717, 1.165) is 6.20 Å². The first-order valence-electron chi connectivity index (χ1n) is 5.37. The Bertz CT molecular complexity index is 425. The Labute approximate surface area is 102 Å². The summed E-state index contributed by atoms with van der Waals surface area (Å²) in [5.41, 5.74) is 5.21. The van der Waals surface area contributed by atoms with E-state index in [1.807, 2.05) is 13.8 Å². The van der Waals surface area contributed by atoms with Crippen molar-refractivity contribution in [3.05, 3.63) is 11.9 Å². The predicted octanol–water partition coefficient (Wildman–Crippen LogP) is 1.41. The van der Waals surface area contributed by atoms with E-state index in [0.29, 0.717) is 11.2 Å². The van der Waals surface area contributed by atoms with Crippen molar-refractivity contribution in [1.82, 2.24) is 15.1 Å². The van der Waals surface area contributed by atoms with Crippen LogP contribution in [0.15, 0.2) is 6.20 Å². The van der Waals surface area contributed by atoms with Gasteiger partial charge >= 0.3 is 6.18 Å². The van der Waals surface area contributed by atoms with E-state index in [2.05, 4.69) is 10.4 Å². The van der Waals surface area contributed by atoms with Crippen LogP contribution in [0.25, 0.3) is 0 Å². The molecule has 1 aromatic rings.